The molecule has 0 amide bonds. The molecule has 0 heterocycles. The lowest BCUT2D eigenvalue weighted by Gasteiger charge is -1.90. The molecule has 1 nitrogen and oxygen atoms in total. The van der Waals surface area contributed by atoms with Gasteiger partial charge >= 0.3 is 0 Å². The predicted octanol–water partition coefficient (Wildman–Crippen LogP) is 2.10. The quantitative estimate of drug-likeness (QED) is 0.416. The zero-order chi connectivity index (χ0) is 7.28. The van der Waals surface area contributed by atoms with Gasteiger partial charge < -0.3 is 0 Å². The Kier molecular flexibility index (Phi) is 3.69. The summed E-state index contributed by atoms with van der Waals surface area (Å²) >= 11 is 0. The highest BCUT2D eigenvalue weighted by molar-refractivity contribution is 5.87. The highest BCUT2D eigenvalue weighted by Crippen LogP contribution is 1.98. The van der Waals surface area contributed by atoms with Gasteiger partial charge in [-0.3, -0.25) is 4.79 Å². The minimum atomic E-state index is 0.106. The van der Waals surface area contributed by atoms with Gasteiger partial charge in [0.25, 0.3) is 0 Å². The van der Waals surface area contributed by atoms with E-state index in [4.69, 9.17) is 0 Å². The first-order valence-corrected chi connectivity index (χ1v) is 2.95. The van der Waals surface area contributed by atoms with Crippen LogP contribution in [-0.2, 0) is 4.79 Å². The Bertz CT molecular complexity index is 143. The fourth-order valence-electron chi connectivity index (χ4n) is 0.634. The zero-order valence-electron chi connectivity index (χ0n) is 5.98. The largest absolute Gasteiger partial charge is 0.295 e. The number of allylic oxidation sites excluding steroid dienone is 3. The number of carbonyl (C=O) groups excluding carboxylic acids is 1. The topological polar surface area (TPSA) is 17.1 Å². The summed E-state index contributed by atoms with van der Waals surface area (Å²) in [5, 5.41) is 0. The van der Waals surface area contributed by atoms with Crippen molar-refractivity contribution in [2.45, 2.75) is 20.3 Å². The fraction of sp³-hybridized carbons (Fsp3) is 0.375. The van der Waals surface area contributed by atoms with Crippen molar-refractivity contribution >= 4 is 5.78 Å². The van der Waals surface area contributed by atoms with E-state index in [9.17, 15) is 4.79 Å². The van der Waals surface area contributed by atoms with Crippen LogP contribution in [0.5, 0.6) is 0 Å². The van der Waals surface area contributed by atoms with E-state index in [2.05, 4.69) is 6.58 Å². The molecule has 9 heavy (non-hydrogen) atoms. The van der Waals surface area contributed by atoms with Gasteiger partial charge in [-0.05, 0) is 26.3 Å². The molecule has 0 unspecified atom stereocenters. The fourth-order valence-corrected chi connectivity index (χ4v) is 0.634. The minimum absolute atomic E-state index is 0.106. The summed E-state index contributed by atoms with van der Waals surface area (Å²) < 4.78 is 0. The van der Waals surface area contributed by atoms with Crippen molar-refractivity contribution in [1.82, 2.24) is 0 Å². The Morgan fingerprint density at radius 3 is 2.44 bits per heavy atom. The van der Waals surface area contributed by atoms with Crippen LogP contribution in [0.3, 0.4) is 0 Å². The van der Waals surface area contributed by atoms with Crippen molar-refractivity contribution in [2.75, 3.05) is 0 Å². The standard InChI is InChI=1S/C8H12O/c1-4-5-7(2)6-8(3)9/h4,6H,1,5H2,2-3H3/b7-6+. The summed E-state index contributed by atoms with van der Waals surface area (Å²) in [6.45, 7) is 7.02. The Labute approximate surface area is 56.1 Å². The van der Waals surface area contributed by atoms with E-state index in [0.29, 0.717) is 0 Å². The molecule has 0 saturated carbocycles. The van der Waals surface area contributed by atoms with Crippen molar-refractivity contribution in [3.05, 3.63) is 24.3 Å². The van der Waals surface area contributed by atoms with Gasteiger partial charge in [-0.2, -0.15) is 0 Å². The third kappa shape index (κ3) is 5.01. The molecule has 0 N–H and O–H groups in total. The molecule has 0 aliphatic carbocycles. The lowest BCUT2D eigenvalue weighted by atomic mass is 10.2. The van der Waals surface area contributed by atoms with Gasteiger partial charge in [0, 0.05) is 0 Å². The maximum atomic E-state index is 10.4. The number of carbonyl (C=O) groups is 1. The maximum absolute atomic E-state index is 10.4. The summed E-state index contributed by atoms with van der Waals surface area (Å²) in [4.78, 5) is 10.4. The van der Waals surface area contributed by atoms with Crippen molar-refractivity contribution in [3.8, 4) is 0 Å². The predicted molar refractivity (Wildman–Crippen MR) is 39.3 cm³/mol. The van der Waals surface area contributed by atoms with Crippen molar-refractivity contribution < 1.29 is 4.79 Å². The first-order valence-electron chi connectivity index (χ1n) is 2.95. The molecular weight excluding hydrogens is 112 g/mol. The van der Waals surface area contributed by atoms with Crippen LogP contribution in [0, 0.1) is 0 Å². The zero-order valence-corrected chi connectivity index (χ0v) is 5.98. The first kappa shape index (κ1) is 8.15. The van der Waals surface area contributed by atoms with Gasteiger partial charge in [-0.15, -0.1) is 6.58 Å². The van der Waals surface area contributed by atoms with Gasteiger partial charge in [-0.1, -0.05) is 11.6 Å². The third-order valence-corrected chi connectivity index (χ3v) is 0.916. The highest BCUT2D eigenvalue weighted by atomic mass is 16.1. The van der Waals surface area contributed by atoms with E-state index in [1.165, 1.54) is 0 Å². The lowest BCUT2D eigenvalue weighted by molar-refractivity contribution is -0.112. The maximum Gasteiger partial charge on any atom is 0.152 e. The Morgan fingerprint density at radius 1 is 1.56 bits per heavy atom. The molecule has 0 spiro atoms. The van der Waals surface area contributed by atoms with E-state index >= 15 is 0 Å². The average molecular weight is 124 g/mol. The SMILES string of the molecule is C=CC/C(C)=C/C(C)=O. The first-order chi connectivity index (χ1) is 4.16. The molecular formula is C8H12O. The number of hydrogen-bond acceptors (Lipinski definition) is 1. The van der Waals surface area contributed by atoms with E-state index in [1.54, 1.807) is 19.1 Å². The van der Waals surface area contributed by atoms with Crippen molar-refractivity contribution in [1.29, 1.82) is 0 Å². The molecule has 0 saturated heterocycles. The Balaban J connectivity index is 3.83. The second-order valence-electron chi connectivity index (χ2n) is 2.09. The molecule has 0 fully saturated rings. The summed E-state index contributed by atoms with van der Waals surface area (Å²) in [7, 11) is 0. The number of rotatable bonds is 3. The Morgan fingerprint density at radius 2 is 2.11 bits per heavy atom. The van der Waals surface area contributed by atoms with Crippen LogP contribution in [0.4, 0.5) is 0 Å². The monoisotopic (exact) mass is 124 g/mol. The van der Waals surface area contributed by atoms with Gasteiger partial charge in [-0.25, -0.2) is 0 Å². The molecule has 0 aromatic heterocycles. The van der Waals surface area contributed by atoms with Gasteiger partial charge in [0.1, 0.15) is 0 Å². The Hall–Kier alpha value is -0.850. The van der Waals surface area contributed by atoms with Crippen LogP contribution in [0.25, 0.3) is 0 Å². The molecule has 0 bridgehead atoms. The summed E-state index contributed by atoms with van der Waals surface area (Å²) in [5.41, 5.74) is 1.07. The molecule has 0 rings (SSSR count). The number of ketones is 1. The molecule has 1 heteroatoms. The van der Waals surface area contributed by atoms with Crippen molar-refractivity contribution in [2.24, 2.45) is 0 Å². The van der Waals surface area contributed by atoms with Crippen LogP contribution in [0.15, 0.2) is 24.3 Å². The molecule has 0 aromatic rings. The second-order valence-corrected chi connectivity index (χ2v) is 2.09. The van der Waals surface area contributed by atoms with Crippen LogP contribution < -0.4 is 0 Å². The van der Waals surface area contributed by atoms with E-state index in [-0.39, 0.29) is 5.78 Å². The van der Waals surface area contributed by atoms with Gasteiger partial charge in [0.2, 0.25) is 0 Å². The van der Waals surface area contributed by atoms with E-state index < -0.39 is 0 Å². The van der Waals surface area contributed by atoms with Crippen LogP contribution in [0.1, 0.15) is 20.3 Å². The van der Waals surface area contributed by atoms with Crippen LogP contribution in [0.2, 0.25) is 0 Å². The number of hydrogen-bond donors (Lipinski definition) is 0. The summed E-state index contributed by atoms with van der Waals surface area (Å²) in [5.74, 6) is 0.106. The average Bonchev–Trinajstić information content (AvgIpc) is 1.63. The molecule has 0 atom stereocenters. The normalized spacial score (nSPS) is 11.1. The molecule has 0 aromatic carbocycles. The second kappa shape index (κ2) is 4.07. The summed E-state index contributed by atoms with van der Waals surface area (Å²) in [6, 6.07) is 0. The van der Waals surface area contributed by atoms with Gasteiger partial charge in [0.15, 0.2) is 5.78 Å². The molecule has 0 radical (unpaired) electrons. The third-order valence-electron chi connectivity index (χ3n) is 0.916. The molecule has 50 valence electrons. The minimum Gasteiger partial charge on any atom is -0.295 e. The molecule has 0 aliphatic rings. The summed E-state index contributed by atoms with van der Waals surface area (Å²) in [6.07, 6.45) is 4.22. The van der Waals surface area contributed by atoms with Crippen molar-refractivity contribution in [3.63, 3.8) is 0 Å². The van der Waals surface area contributed by atoms with E-state index in [1.807, 2.05) is 6.92 Å². The highest BCUT2D eigenvalue weighted by Gasteiger charge is 1.86. The van der Waals surface area contributed by atoms with Crippen LogP contribution in [-0.4, -0.2) is 5.78 Å². The smallest absolute Gasteiger partial charge is 0.152 e. The van der Waals surface area contributed by atoms with Gasteiger partial charge in [0.05, 0.1) is 0 Å². The van der Waals surface area contributed by atoms with Crippen LogP contribution >= 0.6 is 0 Å². The van der Waals surface area contributed by atoms with E-state index in [0.717, 1.165) is 12.0 Å². The molecule has 0 aliphatic heterocycles. The lowest BCUT2D eigenvalue weighted by Crippen LogP contribution is -1.83.